The van der Waals surface area contributed by atoms with E-state index in [9.17, 15) is 17.8 Å². The SMILES string of the molecule is O=C(NCCc1ccc(Cl)cc1Cl)C(c1ccccc1)S(=O)(=O)O. The molecule has 2 N–H and O–H groups in total. The summed E-state index contributed by atoms with van der Waals surface area (Å²) in [6.45, 7) is 0.166. The van der Waals surface area contributed by atoms with Gasteiger partial charge in [-0.2, -0.15) is 8.42 Å². The van der Waals surface area contributed by atoms with Gasteiger partial charge in [0, 0.05) is 16.6 Å². The molecular formula is C16H15Cl2NO4S. The van der Waals surface area contributed by atoms with Crippen molar-refractivity contribution < 1.29 is 17.8 Å². The number of rotatable bonds is 6. The van der Waals surface area contributed by atoms with Gasteiger partial charge in [-0.05, 0) is 29.7 Å². The zero-order chi connectivity index (χ0) is 17.7. The molecule has 0 spiro atoms. The van der Waals surface area contributed by atoms with E-state index in [-0.39, 0.29) is 12.1 Å². The molecule has 0 aliphatic heterocycles. The van der Waals surface area contributed by atoms with E-state index in [1.54, 1.807) is 36.4 Å². The lowest BCUT2D eigenvalue weighted by Crippen LogP contribution is -2.34. The third-order valence-corrected chi connectivity index (χ3v) is 5.02. The Morgan fingerprint density at radius 2 is 1.79 bits per heavy atom. The van der Waals surface area contributed by atoms with Crippen molar-refractivity contribution in [3.63, 3.8) is 0 Å². The summed E-state index contributed by atoms with van der Waals surface area (Å²) in [5.74, 6) is -0.797. The van der Waals surface area contributed by atoms with E-state index in [0.717, 1.165) is 5.56 Å². The van der Waals surface area contributed by atoms with Gasteiger partial charge in [-0.15, -0.1) is 0 Å². The third kappa shape index (κ3) is 4.95. The molecule has 2 aromatic rings. The van der Waals surface area contributed by atoms with E-state index in [4.69, 9.17) is 23.2 Å². The van der Waals surface area contributed by atoms with Crippen LogP contribution >= 0.6 is 23.2 Å². The fraction of sp³-hybridized carbons (Fsp3) is 0.188. The van der Waals surface area contributed by atoms with E-state index in [2.05, 4.69) is 5.32 Å². The molecule has 0 aromatic heterocycles. The van der Waals surface area contributed by atoms with Crippen LogP contribution in [0.4, 0.5) is 0 Å². The summed E-state index contributed by atoms with van der Waals surface area (Å²) in [6.07, 6.45) is 0.398. The second-order valence-corrected chi connectivity index (χ2v) is 7.43. The van der Waals surface area contributed by atoms with Crippen LogP contribution in [0.25, 0.3) is 0 Å². The fourth-order valence-corrected chi connectivity index (χ4v) is 3.58. The Hall–Kier alpha value is -1.60. The first-order valence-corrected chi connectivity index (χ1v) is 9.28. The predicted molar refractivity (Wildman–Crippen MR) is 93.9 cm³/mol. The molecule has 0 saturated heterocycles. The lowest BCUT2D eigenvalue weighted by Gasteiger charge is -2.14. The maximum Gasteiger partial charge on any atom is 0.281 e. The number of hydrogen-bond acceptors (Lipinski definition) is 3. The predicted octanol–water partition coefficient (Wildman–Crippen LogP) is 3.28. The van der Waals surface area contributed by atoms with Crippen molar-refractivity contribution in [2.24, 2.45) is 0 Å². The zero-order valence-corrected chi connectivity index (χ0v) is 14.8. The van der Waals surface area contributed by atoms with Crippen LogP contribution in [0.3, 0.4) is 0 Å². The number of benzene rings is 2. The Morgan fingerprint density at radius 3 is 2.38 bits per heavy atom. The highest BCUT2D eigenvalue weighted by atomic mass is 35.5. The zero-order valence-electron chi connectivity index (χ0n) is 12.4. The molecule has 128 valence electrons. The molecule has 0 aliphatic rings. The third-order valence-electron chi connectivity index (χ3n) is 3.35. The van der Waals surface area contributed by atoms with Gasteiger partial charge < -0.3 is 5.32 Å². The van der Waals surface area contributed by atoms with E-state index >= 15 is 0 Å². The van der Waals surface area contributed by atoms with E-state index < -0.39 is 21.3 Å². The minimum atomic E-state index is -4.58. The van der Waals surface area contributed by atoms with Gasteiger partial charge in [0.25, 0.3) is 10.1 Å². The largest absolute Gasteiger partial charge is 0.354 e. The highest BCUT2D eigenvalue weighted by molar-refractivity contribution is 7.86. The topological polar surface area (TPSA) is 83.5 Å². The van der Waals surface area contributed by atoms with Crippen molar-refractivity contribution in [2.45, 2.75) is 11.7 Å². The maximum absolute atomic E-state index is 12.2. The molecule has 0 heterocycles. The molecule has 5 nitrogen and oxygen atoms in total. The minimum absolute atomic E-state index is 0.166. The molecule has 0 bridgehead atoms. The minimum Gasteiger partial charge on any atom is -0.354 e. The van der Waals surface area contributed by atoms with Crippen LogP contribution in [0.1, 0.15) is 16.4 Å². The Labute approximate surface area is 150 Å². The van der Waals surface area contributed by atoms with E-state index in [0.29, 0.717) is 16.5 Å². The van der Waals surface area contributed by atoms with Gasteiger partial charge in [-0.1, -0.05) is 59.6 Å². The molecule has 8 heteroatoms. The number of carbonyl (C=O) groups is 1. The smallest absolute Gasteiger partial charge is 0.281 e. The van der Waals surface area contributed by atoms with Crippen LogP contribution in [0.2, 0.25) is 10.0 Å². The van der Waals surface area contributed by atoms with Crippen molar-refractivity contribution >= 4 is 39.2 Å². The first-order chi connectivity index (χ1) is 11.3. The summed E-state index contributed by atoms with van der Waals surface area (Å²) < 4.78 is 32.5. The number of amides is 1. The molecule has 0 fully saturated rings. The maximum atomic E-state index is 12.2. The Kier molecular flexibility index (Phi) is 6.23. The van der Waals surface area contributed by atoms with E-state index in [1.807, 2.05) is 0 Å². The molecule has 1 unspecified atom stereocenters. The number of hydrogen-bond donors (Lipinski definition) is 2. The fourth-order valence-electron chi connectivity index (χ4n) is 2.22. The first kappa shape index (κ1) is 18.7. The van der Waals surface area contributed by atoms with Gasteiger partial charge in [0.15, 0.2) is 5.25 Å². The first-order valence-electron chi connectivity index (χ1n) is 7.02. The summed E-state index contributed by atoms with van der Waals surface area (Å²) >= 11 is 11.9. The van der Waals surface area contributed by atoms with E-state index in [1.165, 1.54) is 12.1 Å². The molecule has 0 saturated carbocycles. The number of carbonyl (C=O) groups excluding carboxylic acids is 1. The van der Waals surface area contributed by atoms with Crippen LogP contribution in [0.15, 0.2) is 48.5 Å². The molecule has 2 rings (SSSR count). The normalized spacial score (nSPS) is 12.6. The van der Waals surface area contributed by atoms with Crippen LogP contribution < -0.4 is 5.32 Å². The summed E-state index contributed by atoms with van der Waals surface area (Å²) in [5.41, 5.74) is 0.964. The van der Waals surface area contributed by atoms with Crippen molar-refractivity contribution in [1.82, 2.24) is 5.32 Å². The summed E-state index contributed by atoms with van der Waals surface area (Å²) in [5, 5.41) is 1.81. The summed E-state index contributed by atoms with van der Waals surface area (Å²) in [7, 11) is -4.58. The number of nitrogens with one attached hydrogen (secondary N) is 1. The lowest BCUT2D eigenvalue weighted by atomic mass is 10.1. The average molecular weight is 388 g/mol. The molecule has 1 amide bonds. The highest BCUT2D eigenvalue weighted by Gasteiger charge is 2.32. The summed E-state index contributed by atoms with van der Waals surface area (Å²) in [6, 6.07) is 12.8. The van der Waals surface area contributed by atoms with Crippen LogP contribution in [0.5, 0.6) is 0 Å². The Morgan fingerprint density at radius 1 is 1.12 bits per heavy atom. The van der Waals surface area contributed by atoms with Gasteiger partial charge in [0.2, 0.25) is 5.91 Å². The number of halogens is 2. The van der Waals surface area contributed by atoms with Crippen molar-refractivity contribution in [1.29, 1.82) is 0 Å². The van der Waals surface area contributed by atoms with Gasteiger partial charge >= 0.3 is 0 Å². The van der Waals surface area contributed by atoms with Crippen molar-refractivity contribution in [2.75, 3.05) is 6.54 Å². The standard InChI is InChI=1S/C16H15Cl2NO4S/c17-13-7-6-11(14(18)10-13)8-9-19-16(20)15(24(21,22)23)12-4-2-1-3-5-12/h1-7,10,15H,8-9H2,(H,19,20)(H,21,22,23). The Balaban J connectivity index is 2.06. The van der Waals surface area contributed by atoms with Crippen LogP contribution in [-0.2, 0) is 21.3 Å². The van der Waals surface area contributed by atoms with Crippen molar-refractivity contribution in [3.8, 4) is 0 Å². The molecule has 1 atom stereocenters. The monoisotopic (exact) mass is 387 g/mol. The van der Waals surface area contributed by atoms with Crippen LogP contribution in [-0.4, -0.2) is 25.4 Å². The highest BCUT2D eigenvalue weighted by Crippen LogP contribution is 2.23. The second-order valence-electron chi connectivity index (χ2n) is 5.08. The average Bonchev–Trinajstić information content (AvgIpc) is 2.49. The van der Waals surface area contributed by atoms with Crippen molar-refractivity contribution in [3.05, 3.63) is 69.7 Å². The van der Waals surface area contributed by atoms with Gasteiger partial charge in [0.1, 0.15) is 0 Å². The molecule has 24 heavy (non-hydrogen) atoms. The second kappa shape index (κ2) is 7.98. The van der Waals surface area contributed by atoms with Gasteiger partial charge in [0.05, 0.1) is 0 Å². The quantitative estimate of drug-likeness (QED) is 0.744. The van der Waals surface area contributed by atoms with Gasteiger partial charge in [-0.3, -0.25) is 9.35 Å². The molecule has 2 aromatic carbocycles. The molecule has 0 radical (unpaired) electrons. The molecular weight excluding hydrogens is 373 g/mol. The lowest BCUT2D eigenvalue weighted by molar-refractivity contribution is -0.120. The Bertz CT molecular complexity index is 825. The van der Waals surface area contributed by atoms with Crippen LogP contribution in [0, 0.1) is 0 Å². The molecule has 0 aliphatic carbocycles. The summed E-state index contributed by atoms with van der Waals surface area (Å²) in [4.78, 5) is 12.2. The van der Waals surface area contributed by atoms with Gasteiger partial charge in [-0.25, -0.2) is 0 Å².